The Morgan fingerprint density at radius 2 is 1.86 bits per heavy atom. The second-order valence-corrected chi connectivity index (χ2v) is 6.40. The van der Waals surface area contributed by atoms with Crippen LogP contribution in [0.1, 0.15) is 18.1 Å². The van der Waals surface area contributed by atoms with E-state index in [0.717, 1.165) is 44.9 Å². The molecule has 0 aromatic heterocycles. The van der Waals surface area contributed by atoms with Crippen molar-refractivity contribution in [3.8, 4) is 0 Å². The minimum absolute atomic E-state index is 0. The van der Waals surface area contributed by atoms with Crippen LogP contribution in [0.2, 0.25) is 0 Å². The lowest BCUT2D eigenvalue weighted by Gasteiger charge is -2.34. The fraction of sp³-hybridized carbons (Fsp3) is 0.556. The fourth-order valence-electron chi connectivity index (χ4n) is 2.88. The maximum absolute atomic E-state index is 12.8. The van der Waals surface area contributed by atoms with E-state index in [-0.39, 0.29) is 36.4 Å². The van der Waals surface area contributed by atoms with Crippen LogP contribution >= 0.6 is 24.0 Å². The van der Waals surface area contributed by atoms with E-state index < -0.39 is 11.7 Å². The second kappa shape index (κ2) is 11.4. The second-order valence-electron chi connectivity index (χ2n) is 6.40. The molecule has 10 heteroatoms. The molecule has 2 N–H and O–H groups in total. The van der Waals surface area contributed by atoms with Gasteiger partial charge in [-0.15, -0.1) is 24.0 Å². The molecule has 0 unspecified atom stereocenters. The smallest absolute Gasteiger partial charge is 0.355 e. The number of halogens is 4. The molecular weight excluding hydrogens is 486 g/mol. The zero-order valence-electron chi connectivity index (χ0n) is 16.1. The van der Waals surface area contributed by atoms with Crippen molar-refractivity contribution in [3.63, 3.8) is 0 Å². The minimum Gasteiger partial charge on any atom is -0.355 e. The Hall–Kier alpha value is -1.56. The highest BCUT2D eigenvalue weighted by atomic mass is 127. The number of guanidine groups is 1. The normalized spacial score (nSPS) is 15.8. The molecular formula is C18H27F3IN5O. The van der Waals surface area contributed by atoms with E-state index in [0.29, 0.717) is 18.1 Å². The summed E-state index contributed by atoms with van der Waals surface area (Å²) in [7, 11) is 1.62. The Balaban J connectivity index is 0.00000392. The number of nitrogens with zero attached hydrogens (tertiary/aromatic N) is 3. The van der Waals surface area contributed by atoms with Crippen molar-refractivity contribution in [1.82, 2.24) is 20.4 Å². The van der Waals surface area contributed by atoms with Gasteiger partial charge < -0.3 is 15.5 Å². The van der Waals surface area contributed by atoms with E-state index in [9.17, 15) is 18.0 Å². The molecule has 1 aromatic carbocycles. The largest absolute Gasteiger partial charge is 0.416 e. The Bertz CT molecular complexity index is 661. The zero-order valence-corrected chi connectivity index (χ0v) is 18.4. The molecule has 0 aliphatic carbocycles. The minimum atomic E-state index is -4.34. The molecule has 0 radical (unpaired) electrons. The van der Waals surface area contributed by atoms with Gasteiger partial charge in [0.05, 0.1) is 5.56 Å². The highest BCUT2D eigenvalue weighted by Crippen LogP contribution is 2.29. The number of amides is 1. The lowest BCUT2D eigenvalue weighted by molar-refractivity contribution is -0.137. The van der Waals surface area contributed by atoms with Crippen molar-refractivity contribution < 1.29 is 18.0 Å². The SMILES string of the molecule is CN=C(NCCN1CCN(C(C)=O)CC1)NCc1cccc(C(F)(F)F)c1.I. The van der Waals surface area contributed by atoms with Gasteiger partial charge >= 0.3 is 6.18 Å². The summed E-state index contributed by atoms with van der Waals surface area (Å²) in [5.41, 5.74) is -0.123. The first-order chi connectivity index (χ1) is 12.8. The van der Waals surface area contributed by atoms with Gasteiger partial charge in [0.2, 0.25) is 5.91 Å². The maximum Gasteiger partial charge on any atom is 0.416 e. The number of aliphatic imine (C=N–C) groups is 1. The molecule has 0 spiro atoms. The molecule has 1 amide bonds. The van der Waals surface area contributed by atoms with E-state index in [1.807, 2.05) is 4.90 Å². The van der Waals surface area contributed by atoms with Gasteiger partial charge in [-0.05, 0) is 17.7 Å². The summed E-state index contributed by atoms with van der Waals surface area (Å²) in [6, 6.07) is 5.23. The quantitative estimate of drug-likeness (QED) is 0.360. The Morgan fingerprint density at radius 3 is 2.43 bits per heavy atom. The zero-order chi connectivity index (χ0) is 19.9. The summed E-state index contributed by atoms with van der Waals surface area (Å²) in [6.07, 6.45) is -4.34. The van der Waals surface area contributed by atoms with Crippen LogP contribution in [-0.2, 0) is 17.5 Å². The molecule has 2 rings (SSSR count). The van der Waals surface area contributed by atoms with Gasteiger partial charge in [0.15, 0.2) is 5.96 Å². The van der Waals surface area contributed by atoms with Gasteiger partial charge in [-0.25, -0.2) is 0 Å². The van der Waals surface area contributed by atoms with Crippen LogP contribution in [-0.4, -0.2) is 68.0 Å². The van der Waals surface area contributed by atoms with Crippen LogP contribution in [0.25, 0.3) is 0 Å². The molecule has 158 valence electrons. The predicted molar refractivity (Wildman–Crippen MR) is 114 cm³/mol. The number of carbonyl (C=O) groups is 1. The van der Waals surface area contributed by atoms with Crippen molar-refractivity contribution in [2.24, 2.45) is 4.99 Å². The van der Waals surface area contributed by atoms with Gasteiger partial charge in [-0.3, -0.25) is 14.7 Å². The number of nitrogens with one attached hydrogen (secondary N) is 2. The van der Waals surface area contributed by atoms with Crippen molar-refractivity contribution in [3.05, 3.63) is 35.4 Å². The number of hydrogen-bond donors (Lipinski definition) is 2. The molecule has 1 fully saturated rings. The number of hydrogen-bond acceptors (Lipinski definition) is 3. The van der Waals surface area contributed by atoms with Gasteiger partial charge in [0.25, 0.3) is 0 Å². The van der Waals surface area contributed by atoms with Crippen LogP contribution in [0.15, 0.2) is 29.3 Å². The number of carbonyl (C=O) groups excluding carboxylic acids is 1. The molecule has 1 heterocycles. The van der Waals surface area contributed by atoms with Crippen molar-refractivity contribution in [1.29, 1.82) is 0 Å². The average molecular weight is 513 g/mol. The number of piperazine rings is 1. The summed E-state index contributed by atoms with van der Waals surface area (Å²) in [4.78, 5) is 19.5. The monoisotopic (exact) mass is 513 g/mol. The first-order valence-corrected chi connectivity index (χ1v) is 8.88. The lowest BCUT2D eigenvalue weighted by atomic mass is 10.1. The van der Waals surface area contributed by atoms with Crippen molar-refractivity contribution >= 4 is 35.8 Å². The van der Waals surface area contributed by atoms with Gasteiger partial charge in [0, 0.05) is 59.8 Å². The third kappa shape index (κ3) is 7.82. The molecule has 1 aliphatic heterocycles. The predicted octanol–water partition coefficient (Wildman–Crippen LogP) is 2.15. The Kier molecular flexibility index (Phi) is 10.0. The summed E-state index contributed by atoms with van der Waals surface area (Å²) < 4.78 is 38.3. The molecule has 1 aromatic rings. The molecule has 28 heavy (non-hydrogen) atoms. The third-order valence-corrected chi connectivity index (χ3v) is 4.48. The van der Waals surface area contributed by atoms with Crippen LogP contribution < -0.4 is 10.6 Å². The summed E-state index contributed by atoms with van der Waals surface area (Å²) in [5, 5.41) is 6.18. The highest BCUT2D eigenvalue weighted by Gasteiger charge is 2.30. The number of benzene rings is 1. The maximum atomic E-state index is 12.8. The Morgan fingerprint density at radius 1 is 1.18 bits per heavy atom. The van der Waals surface area contributed by atoms with Crippen molar-refractivity contribution in [2.75, 3.05) is 46.3 Å². The van der Waals surface area contributed by atoms with Crippen LogP contribution in [0, 0.1) is 0 Å². The number of alkyl halides is 3. The van der Waals surface area contributed by atoms with Crippen LogP contribution in [0.3, 0.4) is 0 Å². The molecule has 1 aliphatic rings. The van der Waals surface area contributed by atoms with E-state index in [2.05, 4.69) is 20.5 Å². The van der Waals surface area contributed by atoms with Crippen molar-refractivity contribution in [2.45, 2.75) is 19.6 Å². The summed E-state index contributed by atoms with van der Waals surface area (Å²) in [6.45, 7) is 6.42. The van der Waals surface area contributed by atoms with Gasteiger partial charge in [-0.2, -0.15) is 13.2 Å². The molecule has 0 saturated carbocycles. The summed E-state index contributed by atoms with van der Waals surface area (Å²) >= 11 is 0. The third-order valence-electron chi connectivity index (χ3n) is 4.48. The van der Waals surface area contributed by atoms with E-state index in [4.69, 9.17) is 0 Å². The van der Waals surface area contributed by atoms with Crippen LogP contribution in [0.5, 0.6) is 0 Å². The summed E-state index contributed by atoms with van der Waals surface area (Å²) in [5.74, 6) is 0.641. The fourth-order valence-corrected chi connectivity index (χ4v) is 2.88. The average Bonchev–Trinajstić information content (AvgIpc) is 2.64. The number of rotatable bonds is 5. The first-order valence-electron chi connectivity index (χ1n) is 8.88. The molecule has 1 saturated heterocycles. The van der Waals surface area contributed by atoms with Gasteiger partial charge in [-0.1, -0.05) is 12.1 Å². The van der Waals surface area contributed by atoms with Crippen LogP contribution in [0.4, 0.5) is 13.2 Å². The molecule has 6 nitrogen and oxygen atoms in total. The lowest BCUT2D eigenvalue weighted by Crippen LogP contribution is -2.50. The van der Waals surface area contributed by atoms with Gasteiger partial charge in [0.1, 0.15) is 0 Å². The molecule has 0 bridgehead atoms. The first kappa shape index (κ1) is 24.5. The topological polar surface area (TPSA) is 60.0 Å². The van der Waals surface area contributed by atoms with E-state index >= 15 is 0 Å². The Labute approximate surface area is 180 Å². The standard InChI is InChI=1S/C18H26F3N5O.HI/c1-14(27)26-10-8-25(9-11-26)7-6-23-17(22-2)24-13-15-4-3-5-16(12-15)18(19,20)21;/h3-5,12H,6-11,13H2,1-2H3,(H2,22,23,24);1H. The van der Waals surface area contributed by atoms with E-state index in [1.165, 1.54) is 6.07 Å². The molecule has 0 atom stereocenters. The highest BCUT2D eigenvalue weighted by molar-refractivity contribution is 14.0. The van der Waals surface area contributed by atoms with E-state index in [1.54, 1.807) is 20.0 Å².